The van der Waals surface area contributed by atoms with E-state index in [1.54, 1.807) is 12.1 Å². The maximum absolute atomic E-state index is 11.0. The monoisotopic (exact) mass is 268 g/mol. The highest BCUT2D eigenvalue weighted by molar-refractivity contribution is 5.93. The number of hydrogen-bond acceptors (Lipinski definition) is 4. The highest BCUT2D eigenvalue weighted by Crippen LogP contribution is 2.23. The number of carboxylic acid groups (broad SMARTS) is 1. The molecule has 2 N–H and O–H groups in total. The lowest BCUT2D eigenvalue weighted by molar-refractivity contribution is 0.0697. The lowest BCUT2D eigenvalue weighted by Gasteiger charge is -2.01. The number of carboxylic acids is 1. The van der Waals surface area contributed by atoms with E-state index in [1.807, 2.05) is 19.9 Å². The fourth-order valence-corrected chi connectivity index (χ4v) is 2.06. The largest absolute Gasteiger partial charge is 0.478 e. The highest BCUT2D eigenvalue weighted by Gasteiger charge is 2.11. The standard InChI is InChI=1S/C14H12N4O2/c1-7-5-10(8(2)18-17-7)13-15-11-4-3-9(14(19)20)6-12(11)16-13/h3-6H,1-2H3,(H,15,16)(H,19,20). The number of benzene rings is 1. The molecule has 2 aromatic heterocycles. The van der Waals surface area contributed by atoms with E-state index in [9.17, 15) is 4.79 Å². The molecule has 0 atom stereocenters. The van der Waals surface area contributed by atoms with E-state index in [1.165, 1.54) is 6.07 Å². The minimum absolute atomic E-state index is 0.230. The molecule has 0 spiro atoms. The van der Waals surface area contributed by atoms with Gasteiger partial charge in [-0.3, -0.25) is 0 Å². The second kappa shape index (κ2) is 4.41. The van der Waals surface area contributed by atoms with Crippen molar-refractivity contribution in [3.8, 4) is 11.4 Å². The van der Waals surface area contributed by atoms with Crippen molar-refractivity contribution in [3.63, 3.8) is 0 Å². The SMILES string of the molecule is Cc1cc(-c2nc3ccc(C(=O)O)cc3[nH]2)c(C)nn1. The summed E-state index contributed by atoms with van der Waals surface area (Å²) in [7, 11) is 0. The number of aryl methyl sites for hydroxylation is 2. The molecule has 0 aliphatic rings. The second-order valence-corrected chi connectivity index (χ2v) is 4.61. The van der Waals surface area contributed by atoms with Crippen molar-refractivity contribution in [2.45, 2.75) is 13.8 Å². The summed E-state index contributed by atoms with van der Waals surface area (Å²) in [6, 6.07) is 6.71. The smallest absolute Gasteiger partial charge is 0.335 e. The van der Waals surface area contributed by atoms with Gasteiger partial charge in [-0.1, -0.05) is 0 Å². The van der Waals surface area contributed by atoms with Gasteiger partial charge >= 0.3 is 5.97 Å². The van der Waals surface area contributed by atoms with Crippen LogP contribution < -0.4 is 0 Å². The molecule has 100 valence electrons. The summed E-state index contributed by atoms with van der Waals surface area (Å²) in [6.45, 7) is 3.72. The Morgan fingerprint density at radius 3 is 2.75 bits per heavy atom. The van der Waals surface area contributed by atoms with Gasteiger partial charge in [0.25, 0.3) is 0 Å². The van der Waals surface area contributed by atoms with Crippen molar-refractivity contribution < 1.29 is 9.90 Å². The molecule has 0 aliphatic carbocycles. The Morgan fingerprint density at radius 2 is 2.00 bits per heavy atom. The van der Waals surface area contributed by atoms with Crippen LogP contribution in [0.25, 0.3) is 22.4 Å². The molecule has 0 saturated heterocycles. The maximum atomic E-state index is 11.0. The molecule has 1 aromatic carbocycles. The molecule has 0 unspecified atom stereocenters. The minimum Gasteiger partial charge on any atom is -0.478 e. The van der Waals surface area contributed by atoms with Gasteiger partial charge < -0.3 is 10.1 Å². The van der Waals surface area contributed by atoms with Crippen molar-refractivity contribution in [3.05, 3.63) is 41.2 Å². The summed E-state index contributed by atoms with van der Waals surface area (Å²) >= 11 is 0. The van der Waals surface area contributed by atoms with Crippen molar-refractivity contribution in [1.82, 2.24) is 20.2 Å². The van der Waals surface area contributed by atoms with Crippen LogP contribution in [-0.2, 0) is 0 Å². The van der Waals surface area contributed by atoms with Crippen LogP contribution in [0.1, 0.15) is 21.7 Å². The van der Waals surface area contributed by atoms with Crippen molar-refractivity contribution in [1.29, 1.82) is 0 Å². The Hall–Kier alpha value is -2.76. The molecule has 0 amide bonds. The molecule has 0 fully saturated rings. The number of nitrogens with one attached hydrogen (secondary N) is 1. The highest BCUT2D eigenvalue weighted by atomic mass is 16.4. The number of H-pyrrole nitrogens is 1. The van der Waals surface area contributed by atoms with Gasteiger partial charge in [-0.2, -0.15) is 10.2 Å². The molecule has 0 radical (unpaired) electrons. The fraction of sp³-hybridized carbons (Fsp3) is 0.143. The number of aromatic amines is 1. The number of fused-ring (bicyclic) bond motifs is 1. The van der Waals surface area contributed by atoms with E-state index in [0.29, 0.717) is 11.3 Å². The maximum Gasteiger partial charge on any atom is 0.335 e. The van der Waals surface area contributed by atoms with Crippen LogP contribution in [0.2, 0.25) is 0 Å². The average Bonchev–Trinajstić information content (AvgIpc) is 2.83. The number of imidazole rings is 1. The molecular weight excluding hydrogens is 256 g/mol. The van der Waals surface area contributed by atoms with Gasteiger partial charge in [-0.05, 0) is 38.1 Å². The van der Waals surface area contributed by atoms with Crippen molar-refractivity contribution in [2.75, 3.05) is 0 Å². The Bertz CT molecular complexity index is 823. The minimum atomic E-state index is -0.958. The molecule has 0 aliphatic heterocycles. The summed E-state index contributed by atoms with van der Waals surface area (Å²) in [5, 5.41) is 17.0. The lowest BCUT2D eigenvalue weighted by atomic mass is 10.2. The second-order valence-electron chi connectivity index (χ2n) is 4.61. The number of nitrogens with zero attached hydrogens (tertiary/aromatic N) is 3. The van der Waals surface area contributed by atoms with Gasteiger partial charge in [-0.25, -0.2) is 9.78 Å². The molecule has 6 heteroatoms. The van der Waals surface area contributed by atoms with Gasteiger partial charge in [0.2, 0.25) is 0 Å². The summed E-state index contributed by atoms with van der Waals surface area (Å²) in [4.78, 5) is 18.6. The molecule has 20 heavy (non-hydrogen) atoms. The van der Waals surface area contributed by atoms with Gasteiger partial charge in [0.05, 0.1) is 28.0 Å². The van der Waals surface area contributed by atoms with E-state index in [0.717, 1.165) is 22.5 Å². The van der Waals surface area contributed by atoms with Crippen molar-refractivity contribution in [2.24, 2.45) is 0 Å². The predicted molar refractivity (Wildman–Crippen MR) is 73.6 cm³/mol. The zero-order valence-corrected chi connectivity index (χ0v) is 11.0. The Balaban J connectivity index is 2.17. The first-order valence-electron chi connectivity index (χ1n) is 6.09. The van der Waals surface area contributed by atoms with E-state index < -0.39 is 5.97 Å². The molecule has 0 saturated carbocycles. The van der Waals surface area contributed by atoms with E-state index >= 15 is 0 Å². The Morgan fingerprint density at radius 1 is 1.20 bits per heavy atom. The summed E-state index contributed by atoms with van der Waals surface area (Å²) in [6.07, 6.45) is 0. The molecule has 3 rings (SSSR count). The first kappa shape index (κ1) is 12.3. The topological polar surface area (TPSA) is 91.8 Å². The van der Waals surface area contributed by atoms with Gasteiger partial charge in [0, 0.05) is 5.56 Å². The molecule has 3 aromatic rings. The first-order chi connectivity index (χ1) is 9.54. The third kappa shape index (κ3) is 2.01. The summed E-state index contributed by atoms with van der Waals surface area (Å²) in [5.41, 5.74) is 4.08. The van der Waals surface area contributed by atoms with Crippen LogP contribution in [0.4, 0.5) is 0 Å². The van der Waals surface area contributed by atoms with E-state index in [-0.39, 0.29) is 5.56 Å². The number of carbonyl (C=O) groups is 1. The van der Waals surface area contributed by atoms with Crippen LogP contribution >= 0.6 is 0 Å². The molecule has 6 nitrogen and oxygen atoms in total. The van der Waals surface area contributed by atoms with Gasteiger partial charge in [0.1, 0.15) is 5.82 Å². The van der Waals surface area contributed by atoms with Crippen LogP contribution in [0.3, 0.4) is 0 Å². The van der Waals surface area contributed by atoms with Gasteiger partial charge in [-0.15, -0.1) is 0 Å². The number of rotatable bonds is 2. The summed E-state index contributed by atoms with van der Waals surface area (Å²) in [5.74, 6) is -0.293. The first-order valence-corrected chi connectivity index (χ1v) is 6.09. The Kier molecular flexibility index (Phi) is 2.71. The number of aromatic carboxylic acids is 1. The third-order valence-corrected chi connectivity index (χ3v) is 3.08. The van der Waals surface area contributed by atoms with Gasteiger partial charge in [0.15, 0.2) is 0 Å². The van der Waals surface area contributed by atoms with Crippen LogP contribution in [0, 0.1) is 13.8 Å². The van der Waals surface area contributed by atoms with Crippen LogP contribution in [0.15, 0.2) is 24.3 Å². The molecule has 2 heterocycles. The number of hydrogen-bond donors (Lipinski definition) is 2. The summed E-state index contributed by atoms with van der Waals surface area (Å²) < 4.78 is 0. The van der Waals surface area contributed by atoms with E-state index in [4.69, 9.17) is 5.11 Å². The van der Waals surface area contributed by atoms with Crippen LogP contribution in [0.5, 0.6) is 0 Å². The zero-order chi connectivity index (χ0) is 14.3. The molecule has 0 bridgehead atoms. The fourth-order valence-electron chi connectivity index (χ4n) is 2.06. The Labute approximate surface area is 114 Å². The third-order valence-electron chi connectivity index (χ3n) is 3.08. The lowest BCUT2D eigenvalue weighted by Crippen LogP contribution is -1.95. The normalized spacial score (nSPS) is 10.9. The molecular formula is C14H12N4O2. The number of aromatic nitrogens is 4. The van der Waals surface area contributed by atoms with Crippen molar-refractivity contribution >= 4 is 17.0 Å². The predicted octanol–water partition coefficient (Wildman–Crippen LogP) is 2.33. The van der Waals surface area contributed by atoms with Crippen LogP contribution in [-0.4, -0.2) is 31.2 Å². The quantitative estimate of drug-likeness (QED) is 0.744. The zero-order valence-electron chi connectivity index (χ0n) is 11.0. The van der Waals surface area contributed by atoms with E-state index in [2.05, 4.69) is 20.2 Å². The average molecular weight is 268 g/mol.